The van der Waals surface area contributed by atoms with Gasteiger partial charge < -0.3 is 15.0 Å². The third-order valence-electron chi connectivity index (χ3n) is 3.08. The number of carbonyl (C=O) groups is 1. The first-order chi connectivity index (χ1) is 9.74. The largest absolute Gasteiger partial charge is 0.492 e. The molecule has 0 unspecified atom stereocenters. The maximum absolute atomic E-state index is 11.2. The number of hydrogen-bond acceptors (Lipinski definition) is 3. The van der Waals surface area contributed by atoms with Gasteiger partial charge in [0.25, 0.3) is 0 Å². The molecular formula is C14H14N4O2. The number of amides is 1. The molecule has 1 aromatic carbocycles. The van der Waals surface area contributed by atoms with Crippen LogP contribution in [0.25, 0.3) is 10.9 Å². The van der Waals surface area contributed by atoms with Crippen LogP contribution in [-0.2, 0) is 6.54 Å². The lowest BCUT2D eigenvalue weighted by molar-refractivity contribution is 0.251. The van der Waals surface area contributed by atoms with E-state index in [1.807, 2.05) is 35.0 Å². The van der Waals surface area contributed by atoms with E-state index in [9.17, 15) is 4.79 Å². The normalized spacial score (nSPS) is 10.8. The Balaban J connectivity index is 1.71. The minimum absolute atomic E-state index is 0.492. The van der Waals surface area contributed by atoms with Crippen LogP contribution in [0.4, 0.5) is 4.79 Å². The molecule has 0 saturated carbocycles. The highest BCUT2D eigenvalue weighted by Crippen LogP contribution is 2.21. The van der Waals surface area contributed by atoms with Gasteiger partial charge in [0, 0.05) is 24.0 Å². The molecule has 0 aliphatic carbocycles. The van der Waals surface area contributed by atoms with E-state index >= 15 is 0 Å². The molecule has 0 bridgehead atoms. The Bertz CT molecular complexity index is 731. The van der Waals surface area contributed by atoms with Gasteiger partial charge in [0.05, 0.1) is 18.4 Å². The smallest absolute Gasteiger partial charge is 0.323 e. The molecule has 3 aromatic rings. The molecular weight excluding hydrogens is 256 g/mol. The van der Waals surface area contributed by atoms with Crippen LogP contribution in [0.3, 0.4) is 0 Å². The molecule has 0 fully saturated rings. The van der Waals surface area contributed by atoms with Crippen molar-refractivity contribution < 1.29 is 9.53 Å². The molecule has 0 spiro atoms. The Labute approximate surface area is 115 Å². The summed E-state index contributed by atoms with van der Waals surface area (Å²) in [5, 5.41) is 0.920. The van der Waals surface area contributed by atoms with Crippen molar-refractivity contribution in [1.29, 1.82) is 0 Å². The number of fused-ring (bicyclic) bond motifs is 1. The Morgan fingerprint density at radius 3 is 2.95 bits per heavy atom. The maximum Gasteiger partial charge on any atom is 0.323 e. The Morgan fingerprint density at radius 1 is 1.30 bits per heavy atom. The van der Waals surface area contributed by atoms with Crippen molar-refractivity contribution in [2.24, 2.45) is 5.73 Å². The van der Waals surface area contributed by atoms with Crippen molar-refractivity contribution in [3.05, 3.63) is 49.2 Å². The van der Waals surface area contributed by atoms with Gasteiger partial charge in [-0.15, -0.1) is 0 Å². The summed E-state index contributed by atoms with van der Waals surface area (Å²) >= 11 is 0. The van der Waals surface area contributed by atoms with E-state index in [-0.39, 0.29) is 0 Å². The van der Waals surface area contributed by atoms with Crippen LogP contribution in [0, 0.1) is 0 Å². The van der Waals surface area contributed by atoms with Crippen molar-refractivity contribution in [3.8, 4) is 5.75 Å². The molecule has 0 saturated heterocycles. The second-order valence-electron chi connectivity index (χ2n) is 4.39. The first kappa shape index (κ1) is 12.3. The number of hydrogen-bond donors (Lipinski definition) is 1. The molecule has 0 radical (unpaired) electrons. The van der Waals surface area contributed by atoms with Gasteiger partial charge in [0.1, 0.15) is 12.4 Å². The Hall–Kier alpha value is -2.76. The number of primary amides is 1. The zero-order valence-electron chi connectivity index (χ0n) is 10.8. The fourth-order valence-electron chi connectivity index (χ4n) is 2.09. The highest BCUT2D eigenvalue weighted by molar-refractivity contribution is 5.91. The van der Waals surface area contributed by atoms with Crippen LogP contribution in [0.1, 0.15) is 0 Å². The van der Waals surface area contributed by atoms with Crippen molar-refractivity contribution in [3.63, 3.8) is 0 Å². The van der Waals surface area contributed by atoms with Gasteiger partial charge in [-0.1, -0.05) is 0 Å². The number of carbonyl (C=O) groups excluding carboxylic acids is 1. The first-order valence-electron chi connectivity index (χ1n) is 6.23. The van der Waals surface area contributed by atoms with Crippen LogP contribution in [0.5, 0.6) is 5.75 Å². The summed E-state index contributed by atoms with van der Waals surface area (Å²) < 4.78 is 9.04. The quantitative estimate of drug-likeness (QED) is 0.786. The number of nitrogens with zero attached hydrogens (tertiary/aromatic N) is 3. The van der Waals surface area contributed by atoms with E-state index in [0.717, 1.165) is 23.2 Å². The molecule has 3 rings (SSSR count). The van der Waals surface area contributed by atoms with Gasteiger partial charge >= 0.3 is 6.03 Å². The van der Waals surface area contributed by atoms with Crippen molar-refractivity contribution in [2.75, 3.05) is 6.61 Å². The number of rotatable bonds is 4. The SMILES string of the molecule is NC(=O)n1ccc2cc(OCCn3ccnc3)ccc21. The fourth-order valence-corrected chi connectivity index (χ4v) is 2.09. The van der Waals surface area contributed by atoms with Crippen LogP contribution < -0.4 is 10.5 Å². The van der Waals surface area contributed by atoms with E-state index < -0.39 is 6.03 Å². The Morgan fingerprint density at radius 2 is 2.20 bits per heavy atom. The predicted octanol–water partition coefficient (Wildman–Crippen LogP) is 1.84. The van der Waals surface area contributed by atoms with Crippen LogP contribution in [-0.4, -0.2) is 26.8 Å². The van der Waals surface area contributed by atoms with Crippen molar-refractivity contribution in [1.82, 2.24) is 14.1 Å². The third-order valence-corrected chi connectivity index (χ3v) is 3.08. The summed E-state index contributed by atoms with van der Waals surface area (Å²) in [4.78, 5) is 15.2. The van der Waals surface area contributed by atoms with Gasteiger partial charge in [0.2, 0.25) is 0 Å². The number of imidazole rings is 1. The minimum Gasteiger partial charge on any atom is -0.492 e. The van der Waals surface area contributed by atoms with E-state index in [1.165, 1.54) is 4.57 Å². The standard InChI is InChI=1S/C14H14N4O2/c15-14(19)18-5-3-11-9-12(1-2-13(11)18)20-8-7-17-6-4-16-10-17/h1-6,9-10H,7-8H2,(H2,15,19). The van der Waals surface area contributed by atoms with E-state index in [4.69, 9.17) is 10.5 Å². The molecule has 2 aromatic heterocycles. The van der Waals surface area contributed by atoms with E-state index in [0.29, 0.717) is 6.61 Å². The van der Waals surface area contributed by atoms with Crippen molar-refractivity contribution in [2.45, 2.75) is 6.54 Å². The zero-order chi connectivity index (χ0) is 13.9. The van der Waals surface area contributed by atoms with Gasteiger partial charge in [-0.3, -0.25) is 4.57 Å². The van der Waals surface area contributed by atoms with Crippen LogP contribution in [0.15, 0.2) is 49.2 Å². The first-order valence-corrected chi connectivity index (χ1v) is 6.23. The topological polar surface area (TPSA) is 75.1 Å². The van der Waals surface area contributed by atoms with E-state index in [2.05, 4.69) is 4.98 Å². The lowest BCUT2D eigenvalue weighted by Gasteiger charge is -2.07. The molecule has 2 N–H and O–H groups in total. The molecule has 6 heteroatoms. The molecule has 0 aliphatic heterocycles. The summed E-state index contributed by atoms with van der Waals surface area (Å²) in [6, 6.07) is 6.89. The average Bonchev–Trinajstić information content (AvgIpc) is 3.06. The number of ether oxygens (including phenoxy) is 1. The number of aromatic nitrogens is 3. The van der Waals surface area contributed by atoms with Gasteiger partial charge in [-0.2, -0.15) is 0 Å². The monoisotopic (exact) mass is 270 g/mol. The second kappa shape index (κ2) is 5.08. The molecule has 0 atom stereocenters. The predicted molar refractivity (Wildman–Crippen MR) is 74.6 cm³/mol. The van der Waals surface area contributed by atoms with Gasteiger partial charge in [-0.25, -0.2) is 9.78 Å². The van der Waals surface area contributed by atoms with Gasteiger partial charge in [0.15, 0.2) is 0 Å². The minimum atomic E-state index is -0.492. The summed E-state index contributed by atoms with van der Waals surface area (Å²) in [6.45, 7) is 1.29. The second-order valence-corrected chi connectivity index (χ2v) is 4.39. The lowest BCUT2D eigenvalue weighted by Crippen LogP contribution is -2.17. The summed E-state index contributed by atoms with van der Waals surface area (Å²) in [6.07, 6.45) is 7.03. The molecule has 20 heavy (non-hydrogen) atoms. The lowest BCUT2D eigenvalue weighted by atomic mass is 10.2. The summed E-state index contributed by atoms with van der Waals surface area (Å²) in [5.41, 5.74) is 6.06. The van der Waals surface area contributed by atoms with Crippen LogP contribution in [0.2, 0.25) is 0 Å². The summed E-state index contributed by atoms with van der Waals surface area (Å²) in [7, 11) is 0. The number of benzene rings is 1. The number of nitrogens with two attached hydrogens (primary N) is 1. The molecule has 2 heterocycles. The maximum atomic E-state index is 11.2. The highest BCUT2D eigenvalue weighted by Gasteiger charge is 2.06. The molecule has 1 amide bonds. The van der Waals surface area contributed by atoms with E-state index in [1.54, 1.807) is 18.7 Å². The zero-order valence-corrected chi connectivity index (χ0v) is 10.8. The van der Waals surface area contributed by atoms with Crippen LogP contribution >= 0.6 is 0 Å². The van der Waals surface area contributed by atoms with Crippen molar-refractivity contribution >= 4 is 16.9 Å². The summed E-state index contributed by atoms with van der Waals surface area (Å²) in [5.74, 6) is 0.764. The Kier molecular flexibility index (Phi) is 3.12. The average molecular weight is 270 g/mol. The molecule has 0 aliphatic rings. The molecule has 6 nitrogen and oxygen atoms in total. The fraction of sp³-hybridized carbons (Fsp3) is 0.143. The highest BCUT2D eigenvalue weighted by atomic mass is 16.5. The van der Waals surface area contributed by atoms with Gasteiger partial charge in [-0.05, 0) is 24.3 Å². The third kappa shape index (κ3) is 2.35. The molecule has 102 valence electrons.